The van der Waals surface area contributed by atoms with Crippen LogP contribution in [-0.4, -0.2) is 15.4 Å². The minimum absolute atomic E-state index is 0.177. The summed E-state index contributed by atoms with van der Waals surface area (Å²) in [4.78, 5) is 4.34. The van der Waals surface area contributed by atoms with Crippen LogP contribution < -0.4 is 5.73 Å². The number of imidazole rings is 1. The highest BCUT2D eigenvalue weighted by Crippen LogP contribution is 2.09. The first-order valence-corrected chi connectivity index (χ1v) is 4.85. The number of hydrogen-bond donors (Lipinski definition) is 1. The summed E-state index contributed by atoms with van der Waals surface area (Å²) in [5.41, 5.74) is 9.17. The normalized spacial score (nSPS) is 13.4. The van der Waals surface area contributed by atoms with E-state index in [1.807, 2.05) is 13.1 Å². The van der Waals surface area contributed by atoms with E-state index in [1.165, 1.54) is 11.3 Å². The zero-order valence-corrected chi connectivity index (χ0v) is 8.57. The molecule has 0 aliphatic carbocycles. The van der Waals surface area contributed by atoms with Gasteiger partial charge in [0.05, 0.1) is 0 Å². The second-order valence-electron chi connectivity index (χ2n) is 3.86. The molecule has 0 saturated heterocycles. The molecule has 3 nitrogen and oxygen atoms in total. The van der Waals surface area contributed by atoms with Crippen LogP contribution in [0.15, 0.2) is 24.5 Å². The maximum atomic E-state index is 5.76. The Kier molecular flexibility index (Phi) is 2.25. The van der Waals surface area contributed by atoms with Crippen LogP contribution in [-0.2, 0) is 6.42 Å². The fourth-order valence-corrected chi connectivity index (χ4v) is 1.62. The van der Waals surface area contributed by atoms with Gasteiger partial charge >= 0.3 is 0 Å². The lowest BCUT2D eigenvalue weighted by Crippen LogP contribution is -2.18. The molecular weight excluding hydrogens is 174 g/mol. The number of hydrogen-bond acceptors (Lipinski definition) is 2. The lowest BCUT2D eigenvalue weighted by Gasteiger charge is -2.04. The Balaban J connectivity index is 2.47. The summed E-state index contributed by atoms with van der Waals surface area (Å²) in [5, 5.41) is 0. The van der Waals surface area contributed by atoms with Gasteiger partial charge in [-0.05, 0) is 31.5 Å². The Morgan fingerprint density at radius 3 is 3.07 bits per heavy atom. The number of fused-ring (bicyclic) bond motifs is 1. The topological polar surface area (TPSA) is 43.3 Å². The molecule has 1 atom stereocenters. The summed E-state index contributed by atoms with van der Waals surface area (Å²) < 4.78 is 2.09. The molecular formula is C11H15N3. The van der Waals surface area contributed by atoms with Crippen molar-refractivity contribution < 1.29 is 0 Å². The summed E-state index contributed by atoms with van der Waals surface area (Å²) in [7, 11) is 0. The van der Waals surface area contributed by atoms with Crippen LogP contribution in [0.4, 0.5) is 0 Å². The van der Waals surface area contributed by atoms with Crippen molar-refractivity contribution in [1.29, 1.82) is 0 Å². The van der Waals surface area contributed by atoms with Gasteiger partial charge in [-0.2, -0.15) is 0 Å². The fourth-order valence-electron chi connectivity index (χ4n) is 1.62. The third-order valence-corrected chi connectivity index (χ3v) is 2.28. The molecule has 0 radical (unpaired) electrons. The Labute approximate surface area is 83.6 Å². The first-order valence-electron chi connectivity index (χ1n) is 4.85. The molecule has 0 aliphatic rings. The quantitative estimate of drug-likeness (QED) is 0.778. The van der Waals surface area contributed by atoms with Crippen molar-refractivity contribution in [1.82, 2.24) is 9.38 Å². The van der Waals surface area contributed by atoms with Crippen LogP contribution in [0.2, 0.25) is 0 Å². The van der Waals surface area contributed by atoms with E-state index in [-0.39, 0.29) is 6.04 Å². The Morgan fingerprint density at radius 2 is 2.36 bits per heavy atom. The highest BCUT2D eigenvalue weighted by Gasteiger charge is 2.04. The Morgan fingerprint density at radius 1 is 1.57 bits per heavy atom. The van der Waals surface area contributed by atoms with E-state index in [9.17, 15) is 0 Å². The third kappa shape index (κ3) is 1.63. The number of aromatic nitrogens is 2. The van der Waals surface area contributed by atoms with Gasteiger partial charge in [0.2, 0.25) is 0 Å². The van der Waals surface area contributed by atoms with Gasteiger partial charge < -0.3 is 10.1 Å². The summed E-state index contributed by atoms with van der Waals surface area (Å²) in [6.45, 7) is 4.08. The third-order valence-electron chi connectivity index (χ3n) is 2.28. The number of rotatable bonds is 2. The molecule has 2 aromatic rings. The second kappa shape index (κ2) is 3.42. The molecule has 2 aromatic heterocycles. The fraction of sp³-hybridized carbons (Fsp3) is 0.364. The summed E-state index contributed by atoms with van der Waals surface area (Å²) in [6, 6.07) is 4.33. The van der Waals surface area contributed by atoms with Crippen LogP contribution in [0.1, 0.15) is 18.2 Å². The lowest BCUT2D eigenvalue weighted by molar-refractivity contribution is 0.717. The van der Waals surface area contributed by atoms with Crippen molar-refractivity contribution in [3.8, 4) is 0 Å². The van der Waals surface area contributed by atoms with Gasteiger partial charge in [-0.1, -0.05) is 0 Å². The van der Waals surface area contributed by atoms with Gasteiger partial charge in [-0.15, -0.1) is 0 Å². The largest absolute Gasteiger partial charge is 0.328 e. The maximum Gasteiger partial charge on any atom is 0.137 e. The van der Waals surface area contributed by atoms with E-state index in [1.54, 1.807) is 0 Å². The smallest absolute Gasteiger partial charge is 0.137 e. The molecule has 2 heterocycles. The van der Waals surface area contributed by atoms with Gasteiger partial charge in [0.25, 0.3) is 0 Å². The van der Waals surface area contributed by atoms with E-state index >= 15 is 0 Å². The van der Waals surface area contributed by atoms with Crippen LogP contribution in [0.25, 0.3) is 5.65 Å². The predicted octanol–water partition coefficient (Wildman–Crippen LogP) is 1.53. The Bertz CT molecular complexity index is 443. The molecule has 2 N–H and O–H groups in total. The molecule has 2 rings (SSSR count). The zero-order chi connectivity index (χ0) is 10.1. The predicted molar refractivity (Wildman–Crippen MR) is 57.3 cm³/mol. The zero-order valence-electron chi connectivity index (χ0n) is 8.57. The Hall–Kier alpha value is -1.35. The van der Waals surface area contributed by atoms with E-state index in [0.717, 1.165) is 12.1 Å². The van der Waals surface area contributed by atoms with Gasteiger partial charge in [0.15, 0.2) is 0 Å². The number of pyridine rings is 1. The molecule has 0 aromatic carbocycles. The first kappa shape index (κ1) is 9.21. The van der Waals surface area contributed by atoms with E-state index in [2.05, 4.69) is 34.6 Å². The maximum absolute atomic E-state index is 5.76. The van der Waals surface area contributed by atoms with Crippen LogP contribution in [0, 0.1) is 6.92 Å². The average Bonchev–Trinajstić information content (AvgIpc) is 2.47. The lowest BCUT2D eigenvalue weighted by atomic mass is 10.2. The van der Waals surface area contributed by atoms with E-state index < -0.39 is 0 Å². The molecule has 0 bridgehead atoms. The van der Waals surface area contributed by atoms with Gasteiger partial charge in [0.1, 0.15) is 5.65 Å². The van der Waals surface area contributed by atoms with Crippen molar-refractivity contribution in [3.63, 3.8) is 0 Å². The minimum atomic E-state index is 0.177. The first-order chi connectivity index (χ1) is 6.66. The summed E-state index contributed by atoms with van der Waals surface area (Å²) in [5.74, 6) is 0. The number of nitrogens with zero attached hydrogens (tertiary/aromatic N) is 2. The monoisotopic (exact) mass is 189 g/mol. The molecule has 0 amide bonds. The van der Waals surface area contributed by atoms with Crippen molar-refractivity contribution in [3.05, 3.63) is 35.8 Å². The highest BCUT2D eigenvalue weighted by atomic mass is 15.0. The van der Waals surface area contributed by atoms with Crippen molar-refractivity contribution in [2.24, 2.45) is 5.73 Å². The van der Waals surface area contributed by atoms with Crippen LogP contribution >= 0.6 is 0 Å². The van der Waals surface area contributed by atoms with Crippen molar-refractivity contribution in [2.75, 3.05) is 0 Å². The SMILES string of the molecule is Cc1ccn2c(CC(C)N)cnc2c1. The molecule has 3 heteroatoms. The van der Waals surface area contributed by atoms with Gasteiger partial charge in [-0.25, -0.2) is 4.98 Å². The molecule has 14 heavy (non-hydrogen) atoms. The second-order valence-corrected chi connectivity index (χ2v) is 3.86. The van der Waals surface area contributed by atoms with Gasteiger partial charge in [-0.3, -0.25) is 0 Å². The highest BCUT2D eigenvalue weighted by molar-refractivity contribution is 5.43. The molecule has 1 unspecified atom stereocenters. The van der Waals surface area contributed by atoms with Gasteiger partial charge in [0, 0.05) is 30.6 Å². The van der Waals surface area contributed by atoms with Crippen molar-refractivity contribution in [2.45, 2.75) is 26.3 Å². The van der Waals surface area contributed by atoms with Crippen LogP contribution in [0.5, 0.6) is 0 Å². The molecule has 74 valence electrons. The van der Waals surface area contributed by atoms with Crippen molar-refractivity contribution >= 4 is 5.65 Å². The van der Waals surface area contributed by atoms with E-state index in [0.29, 0.717) is 0 Å². The average molecular weight is 189 g/mol. The number of nitrogens with two attached hydrogens (primary N) is 1. The summed E-state index contributed by atoms with van der Waals surface area (Å²) in [6.07, 6.45) is 4.82. The molecule has 0 spiro atoms. The van der Waals surface area contributed by atoms with Crippen LogP contribution in [0.3, 0.4) is 0 Å². The number of aryl methyl sites for hydroxylation is 1. The molecule has 0 fully saturated rings. The minimum Gasteiger partial charge on any atom is -0.328 e. The summed E-state index contributed by atoms with van der Waals surface area (Å²) >= 11 is 0. The van der Waals surface area contributed by atoms with E-state index in [4.69, 9.17) is 5.73 Å². The molecule has 0 saturated carbocycles. The molecule has 0 aliphatic heterocycles. The standard InChI is InChI=1S/C11H15N3/c1-8-3-4-14-10(6-9(2)12)7-13-11(14)5-8/h3-5,7,9H,6,12H2,1-2H3.